The summed E-state index contributed by atoms with van der Waals surface area (Å²) in [5, 5.41) is 10.1. The fourth-order valence-corrected chi connectivity index (χ4v) is 5.95. The average Bonchev–Trinajstić information content (AvgIpc) is 3.80. The Morgan fingerprint density at radius 2 is 1.64 bits per heavy atom. The van der Waals surface area contributed by atoms with Crippen molar-refractivity contribution in [3.05, 3.63) is 75.5 Å². The topological polar surface area (TPSA) is 142 Å². The van der Waals surface area contributed by atoms with Crippen LogP contribution in [-0.2, 0) is 25.9 Å². The number of hydrogen-bond donors (Lipinski definition) is 1. The molecule has 47 heavy (non-hydrogen) atoms. The minimum Gasteiger partial charge on any atom is -0.493 e. The highest BCUT2D eigenvalue weighted by Gasteiger charge is 2.34. The van der Waals surface area contributed by atoms with Gasteiger partial charge in [-0.25, -0.2) is 18.0 Å². The van der Waals surface area contributed by atoms with Crippen molar-refractivity contribution in [1.82, 2.24) is 0 Å². The number of nitrogens with zero attached hydrogens (tertiary/aromatic N) is 2. The van der Waals surface area contributed by atoms with E-state index >= 15 is 0 Å². The molecule has 0 spiro atoms. The normalized spacial score (nSPS) is 13.8. The van der Waals surface area contributed by atoms with E-state index < -0.39 is 33.8 Å². The summed E-state index contributed by atoms with van der Waals surface area (Å²) in [5.41, 5.74) is -0.174. The Balaban J connectivity index is 1.75. The van der Waals surface area contributed by atoms with Gasteiger partial charge in [-0.1, -0.05) is 29.3 Å². The van der Waals surface area contributed by atoms with Gasteiger partial charge in [0.15, 0.2) is 11.5 Å². The van der Waals surface area contributed by atoms with Crippen LogP contribution in [-0.4, -0.2) is 58.4 Å². The predicted octanol–water partition coefficient (Wildman–Crippen LogP) is 6.17. The number of anilines is 1. The molecule has 1 aliphatic carbocycles. The van der Waals surface area contributed by atoms with Gasteiger partial charge in [-0.3, -0.25) is 5.21 Å². The molecule has 0 saturated heterocycles. The van der Waals surface area contributed by atoms with Gasteiger partial charge in [-0.2, -0.15) is 4.31 Å². The molecule has 1 fully saturated rings. The lowest BCUT2D eigenvalue weighted by molar-refractivity contribution is -0.904. The maximum atomic E-state index is 13.8. The Morgan fingerprint density at radius 1 is 1.00 bits per heavy atom. The molecule has 0 bridgehead atoms. The van der Waals surface area contributed by atoms with Crippen LogP contribution in [0.15, 0.2) is 48.8 Å². The summed E-state index contributed by atoms with van der Waals surface area (Å²) >= 11 is 12.8. The van der Waals surface area contributed by atoms with Crippen LogP contribution in [0.5, 0.6) is 17.2 Å². The molecular formula is C32H37Cl2N2O10S+. The smallest absolute Gasteiger partial charge is 0.429 e. The van der Waals surface area contributed by atoms with Crippen LogP contribution < -0.4 is 23.2 Å². The second-order valence-corrected chi connectivity index (χ2v) is 14.6. The molecule has 2 aromatic carbocycles. The van der Waals surface area contributed by atoms with Crippen LogP contribution in [0.25, 0.3) is 0 Å². The highest BCUT2D eigenvalue weighted by molar-refractivity contribution is 7.92. The summed E-state index contributed by atoms with van der Waals surface area (Å²) < 4.78 is 55.1. The van der Waals surface area contributed by atoms with Gasteiger partial charge < -0.3 is 23.7 Å². The molecule has 0 aliphatic heterocycles. The van der Waals surface area contributed by atoms with Gasteiger partial charge in [0, 0.05) is 16.7 Å². The molecule has 0 unspecified atom stereocenters. The van der Waals surface area contributed by atoms with Crippen molar-refractivity contribution in [2.24, 2.45) is 5.92 Å². The quantitative estimate of drug-likeness (QED) is 0.132. The first-order valence-corrected chi connectivity index (χ1v) is 17.1. The monoisotopic (exact) mass is 711 g/mol. The van der Waals surface area contributed by atoms with Crippen molar-refractivity contribution in [3.63, 3.8) is 0 Å². The van der Waals surface area contributed by atoms with E-state index in [1.54, 1.807) is 39.0 Å². The Morgan fingerprint density at radius 3 is 2.19 bits per heavy atom. The summed E-state index contributed by atoms with van der Waals surface area (Å²) in [6.07, 6.45) is 3.14. The first-order chi connectivity index (χ1) is 22.0. The lowest BCUT2D eigenvalue weighted by atomic mass is 10.0. The minimum atomic E-state index is -4.19. The second-order valence-electron chi connectivity index (χ2n) is 12.0. The Labute approximate surface area is 283 Å². The third-order valence-electron chi connectivity index (χ3n) is 6.96. The fourth-order valence-electron chi connectivity index (χ4n) is 4.53. The summed E-state index contributed by atoms with van der Waals surface area (Å²) in [6, 6.07) is 8.93. The third-order valence-corrected chi connectivity index (χ3v) is 8.62. The average molecular weight is 713 g/mol. The largest absolute Gasteiger partial charge is 0.493 e. The van der Waals surface area contributed by atoms with Crippen LogP contribution in [0.1, 0.15) is 61.2 Å². The number of amides is 1. The van der Waals surface area contributed by atoms with Crippen molar-refractivity contribution in [1.29, 1.82) is 0 Å². The number of methoxy groups -OCH3 is 2. The maximum absolute atomic E-state index is 13.8. The van der Waals surface area contributed by atoms with E-state index in [1.807, 2.05) is 0 Å². The molecule has 1 amide bonds. The number of hydrogen-bond acceptors (Lipinski definition) is 10. The lowest BCUT2D eigenvalue weighted by Crippen LogP contribution is -2.40. The number of carbonyl (C=O) groups is 2. The van der Waals surface area contributed by atoms with E-state index in [9.17, 15) is 23.2 Å². The summed E-state index contributed by atoms with van der Waals surface area (Å²) in [7, 11) is -1.23. The van der Waals surface area contributed by atoms with Gasteiger partial charge in [-0.15, -0.1) is 0 Å². The molecule has 0 radical (unpaired) electrons. The van der Waals surface area contributed by atoms with Crippen LogP contribution >= 0.6 is 23.2 Å². The molecule has 4 rings (SSSR count). The minimum absolute atomic E-state index is 0.00332. The van der Waals surface area contributed by atoms with Crippen LogP contribution in [0, 0.1) is 5.92 Å². The van der Waals surface area contributed by atoms with E-state index in [0.29, 0.717) is 31.7 Å². The van der Waals surface area contributed by atoms with Gasteiger partial charge >= 0.3 is 12.1 Å². The number of carbonyl (C=O) groups excluding carboxylic acids is 2. The van der Waals surface area contributed by atoms with Crippen molar-refractivity contribution >= 4 is 51.0 Å². The van der Waals surface area contributed by atoms with Crippen molar-refractivity contribution in [2.75, 3.05) is 31.4 Å². The lowest BCUT2D eigenvalue weighted by Gasteiger charge is -2.27. The van der Waals surface area contributed by atoms with Gasteiger partial charge in [-0.05, 0) is 75.4 Å². The van der Waals surface area contributed by atoms with Gasteiger partial charge in [0.1, 0.15) is 33.2 Å². The molecule has 1 heterocycles. The Bertz CT molecular complexity index is 1730. The van der Waals surface area contributed by atoms with E-state index in [4.69, 9.17) is 46.9 Å². The molecule has 3 aromatic rings. The number of halogens is 2. The van der Waals surface area contributed by atoms with E-state index in [2.05, 4.69) is 0 Å². The highest BCUT2D eigenvalue weighted by atomic mass is 35.5. The molecule has 1 saturated carbocycles. The fraction of sp³-hybridized carbons (Fsp3) is 0.406. The first-order valence-electron chi connectivity index (χ1n) is 14.5. The molecule has 1 aliphatic rings. The molecule has 1 atom stereocenters. The summed E-state index contributed by atoms with van der Waals surface area (Å²) in [5.74, 6) is 0.279. The number of esters is 1. The zero-order valence-electron chi connectivity index (χ0n) is 26.8. The molecule has 1 aromatic heterocycles. The number of rotatable bonds is 12. The standard InChI is InChI=1S/C32H37Cl2N2O10S/c1-32(2,3)46-31(38)36(47(6,40)41)25-11-9-21(14-28(25)44-18-19-7-8-19)30(37)45-27(15-22-23(33)16-35(39)17-24(22)34)20-10-12-26(42-4)29(13-20)43-5/h9-14,16-17,19,27,39H,7-8,15,18H2,1-6H3/q+1/t27-/m0/s1. The van der Waals surface area contributed by atoms with Gasteiger partial charge in [0.2, 0.25) is 22.4 Å². The number of pyridine rings is 1. The van der Waals surface area contributed by atoms with Crippen molar-refractivity contribution in [2.45, 2.75) is 51.7 Å². The highest BCUT2D eigenvalue weighted by Crippen LogP contribution is 2.38. The van der Waals surface area contributed by atoms with Crippen molar-refractivity contribution in [3.8, 4) is 17.2 Å². The molecule has 254 valence electrons. The maximum Gasteiger partial charge on any atom is 0.429 e. The third kappa shape index (κ3) is 9.33. The summed E-state index contributed by atoms with van der Waals surface area (Å²) in [6.45, 7) is 5.09. The predicted molar refractivity (Wildman–Crippen MR) is 173 cm³/mol. The second kappa shape index (κ2) is 14.4. The van der Waals surface area contributed by atoms with Gasteiger partial charge in [0.25, 0.3) is 0 Å². The van der Waals surface area contributed by atoms with Crippen molar-refractivity contribution < 1.29 is 51.6 Å². The number of ether oxygens (including phenoxy) is 5. The van der Waals surface area contributed by atoms with E-state index in [0.717, 1.165) is 19.1 Å². The molecule has 15 heteroatoms. The summed E-state index contributed by atoms with van der Waals surface area (Å²) in [4.78, 5) is 26.9. The van der Waals surface area contributed by atoms with Gasteiger partial charge in [0.05, 0.1) is 32.6 Å². The van der Waals surface area contributed by atoms with Crippen LogP contribution in [0.4, 0.5) is 10.5 Å². The zero-order chi connectivity index (χ0) is 34.7. The van der Waals surface area contributed by atoms with Crippen LogP contribution in [0.3, 0.4) is 0 Å². The molecule has 1 N–H and O–H groups in total. The zero-order valence-corrected chi connectivity index (χ0v) is 29.1. The van der Waals surface area contributed by atoms with Crippen LogP contribution in [0.2, 0.25) is 10.0 Å². The number of aromatic nitrogens is 1. The first kappa shape index (κ1) is 35.9. The molecular weight excluding hydrogens is 675 g/mol. The number of benzene rings is 2. The Hall–Kier alpha value is -3.94. The van der Waals surface area contributed by atoms with E-state index in [-0.39, 0.29) is 46.0 Å². The number of sulfonamides is 1. The van der Waals surface area contributed by atoms with E-state index in [1.165, 1.54) is 44.8 Å². The SMILES string of the molecule is COc1ccc([C@H](Cc2c(Cl)c[n+](O)cc2Cl)OC(=O)c2ccc(N(C(=O)OC(C)(C)C)S(C)(=O)=O)c(OCC3CC3)c2)cc1OC. The Kier molecular flexibility index (Phi) is 11.0. The molecule has 12 nitrogen and oxygen atoms in total.